The molecule has 1 aromatic heterocycles. The highest BCUT2D eigenvalue weighted by Gasteiger charge is 2.09. The summed E-state index contributed by atoms with van der Waals surface area (Å²) in [7, 11) is 0. The zero-order chi connectivity index (χ0) is 14.0. The second-order valence-electron chi connectivity index (χ2n) is 4.53. The molecule has 0 radical (unpaired) electrons. The molecule has 1 aromatic carbocycles. The predicted octanol–water partition coefficient (Wildman–Crippen LogP) is 2.08. The van der Waals surface area contributed by atoms with E-state index < -0.39 is 5.97 Å². The molecular weight excluding hydrogens is 242 g/mol. The number of hydrogen-bond donors (Lipinski definition) is 1. The molecule has 0 spiro atoms. The third-order valence-electron chi connectivity index (χ3n) is 3.04. The van der Waals surface area contributed by atoms with E-state index in [1.165, 1.54) is 6.07 Å². The minimum Gasteiger partial charge on any atom is -0.481 e. The molecule has 0 saturated heterocycles. The Morgan fingerprint density at radius 2 is 1.95 bits per heavy atom. The quantitative estimate of drug-likeness (QED) is 0.915. The first-order chi connectivity index (χ1) is 8.99. The first-order valence-corrected chi connectivity index (χ1v) is 5.99. The highest BCUT2D eigenvalue weighted by molar-refractivity contribution is 5.70. The Morgan fingerprint density at radius 1 is 1.26 bits per heavy atom. The summed E-state index contributed by atoms with van der Waals surface area (Å²) in [6.07, 6.45) is 1.36. The number of pyridine rings is 1. The Kier molecular flexibility index (Phi) is 3.51. The van der Waals surface area contributed by atoms with Gasteiger partial charge in [0.05, 0.1) is 6.42 Å². The number of para-hydroxylation sites is 1. The molecule has 2 aromatic rings. The summed E-state index contributed by atoms with van der Waals surface area (Å²) in [5.41, 5.74) is 2.86. The zero-order valence-electron chi connectivity index (χ0n) is 10.9. The van der Waals surface area contributed by atoms with E-state index >= 15 is 0 Å². The summed E-state index contributed by atoms with van der Waals surface area (Å²) in [6.45, 7) is 3.81. The van der Waals surface area contributed by atoms with Gasteiger partial charge in [-0.2, -0.15) is 0 Å². The molecule has 4 heteroatoms. The topological polar surface area (TPSA) is 59.3 Å². The standard InChI is InChI=1S/C15H15NO3/c1-10-5-3-4-6-13(10)16-9-12(8-15(18)19)14(17)7-11(16)2/h3-7,9H,8H2,1-2H3,(H,18,19). The normalized spacial score (nSPS) is 10.4. The van der Waals surface area contributed by atoms with E-state index in [1.807, 2.05) is 42.7 Å². The number of nitrogens with zero attached hydrogens (tertiary/aromatic N) is 1. The first kappa shape index (κ1) is 13.1. The van der Waals surface area contributed by atoms with Crippen molar-refractivity contribution in [3.05, 3.63) is 63.6 Å². The van der Waals surface area contributed by atoms with Gasteiger partial charge in [0.2, 0.25) is 0 Å². The second kappa shape index (κ2) is 5.10. The van der Waals surface area contributed by atoms with Gasteiger partial charge in [-0.1, -0.05) is 18.2 Å². The van der Waals surface area contributed by atoms with Gasteiger partial charge in [0.15, 0.2) is 5.43 Å². The van der Waals surface area contributed by atoms with E-state index in [4.69, 9.17) is 5.11 Å². The minimum absolute atomic E-state index is 0.232. The number of carboxylic acids is 1. The average molecular weight is 257 g/mol. The lowest BCUT2D eigenvalue weighted by atomic mass is 10.1. The molecule has 0 aliphatic heterocycles. The van der Waals surface area contributed by atoms with Crippen molar-refractivity contribution in [2.24, 2.45) is 0 Å². The Bertz CT molecular complexity index is 686. The van der Waals surface area contributed by atoms with Crippen LogP contribution in [-0.4, -0.2) is 15.6 Å². The Morgan fingerprint density at radius 3 is 2.58 bits per heavy atom. The molecule has 0 unspecified atom stereocenters. The van der Waals surface area contributed by atoms with Gasteiger partial charge in [-0.15, -0.1) is 0 Å². The fraction of sp³-hybridized carbons (Fsp3) is 0.200. The number of carbonyl (C=O) groups is 1. The van der Waals surface area contributed by atoms with Gasteiger partial charge < -0.3 is 9.67 Å². The zero-order valence-corrected chi connectivity index (χ0v) is 10.9. The van der Waals surface area contributed by atoms with Crippen LogP contribution in [0.15, 0.2) is 41.3 Å². The van der Waals surface area contributed by atoms with Crippen LogP contribution in [0.3, 0.4) is 0 Å². The molecule has 0 aliphatic carbocycles. The Labute approximate surface area is 110 Å². The van der Waals surface area contributed by atoms with Crippen molar-refractivity contribution in [3.63, 3.8) is 0 Å². The summed E-state index contributed by atoms with van der Waals surface area (Å²) < 4.78 is 1.86. The van der Waals surface area contributed by atoms with Crippen LogP contribution in [0.2, 0.25) is 0 Å². The summed E-state index contributed by atoms with van der Waals surface area (Å²) in [6, 6.07) is 9.25. The maximum absolute atomic E-state index is 11.8. The first-order valence-electron chi connectivity index (χ1n) is 5.99. The van der Waals surface area contributed by atoms with Crippen LogP contribution in [0.5, 0.6) is 0 Å². The van der Waals surface area contributed by atoms with Crippen molar-refractivity contribution in [2.75, 3.05) is 0 Å². The number of aryl methyl sites for hydroxylation is 2. The third-order valence-corrected chi connectivity index (χ3v) is 3.04. The minimum atomic E-state index is -1.00. The lowest BCUT2D eigenvalue weighted by Gasteiger charge is -2.14. The fourth-order valence-electron chi connectivity index (χ4n) is 2.06. The third kappa shape index (κ3) is 2.73. The molecule has 19 heavy (non-hydrogen) atoms. The van der Waals surface area contributed by atoms with Gasteiger partial charge in [-0.3, -0.25) is 9.59 Å². The van der Waals surface area contributed by atoms with Crippen LogP contribution in [0, 0.1) is 13.8 Å². The van der Waals surface area contributed by atoms with Crippen LogP contribution >= 0.6 is 0 Å². The number of carboxylic acid groups (broad SMARTS) is 1. The van der Waals surface area contributed by atoms with Gasteiger partial charge in [0, 0.05) is 29.2 Å². The molecule has 0 atom stereocenters. The average Bonchev–Trinajstić information content (AvgIpc) is 2.33. The molecule has 0 amide bonds. The highest BCUT2D eigenvalue weighted by Crippen LogP contribution is 2.15. The molecule has 0 saturated carbocycles. The van der Waals surface area contributed by atoms with Gasteiger partial charge in [0.25, 0.3) is 0 Å². The van der Waals surface area contributed by atoms with Crippen LogP contribution in [0.1, 0.15) is 16.8 Å². The number of hydrogen-bond acceptors (Lipinski definition) is 2. The van der Waals surface area contributed by atoms with E-state index in [2.05, 4.69) is 0 Å². The van der Waals surface area contributed by atoms with E-state index in [0.717, 1.165) is 16.9 Å². The SMILES string of the molecule is Cc1ccccc1-n1cc(CC(=O)O)c(=O)cc1C. The number of aliphatic carboxylic acids is 1. The smallest absolute Gasteiger partial charge is 0.308 e. The lowest BCUT2D eigenvalue weighted by molar-refractivity contribution is -0.136. The Balaban J connectivity index is 2.61. The van der Waals surface area contributed by atoms with Crippen LogP contribution in [-0.2, 0) is 11.2 Å². The maximum Gasteiger partial charge on any atom is 0.308 e. The van der Waals surface area contributed by atoms with Gasteiger partial charge in [0.1, 0.15) is 0 Å². The molecule has 1 heterocycles. The molecular formula is C15H15NO3. The monoisotopic (exact) mass is 257 g/mol. The number of benzene rings is 1. The van der Waals surface area contributed by atoms with Crippen LogP contribution in [0.4, 0.5) is 0 Å². The van der Waals surface area contributed by atoms with E-state index in [1.54, 1.807) is 6.20 Å². The van der Waals surface area contributed by atoms with E-state index in [9.17, 15) is 9.59 Å². The lowest BCUT2D eigenvalue weighted by Crippen LogP contribution is -2.17. The Hall–Kier alpha value is -2.36. The molecule has 4 nitrogen and oxygen atoms in total. The van der Waals surface area contributed by atoms with Gasteiger partial charge in [-0.05, 0) is 25.5 Å². The second-order valence-corrected chi connectivity index (χ2v) is 4.53. The molecule has 0 bridgehead atoms. The van der Waals surface area contributed by atoms with Crippen molar-refractivity contribution in [1.82, 2.24) is 4.57 Å². The van der Waals surface area contributed by atoms with Crippen molar-refractivity contribution in [3.8, 4) is 5.69 Å². The van der Waals surface area contributed by atoms with E-state index in [0.29, 0.717) is 5.56 Å². The summed E-state index contributed by atoms with van der Waals surface area (Å²) >= 11 is 0. The largest absolute Gasteiger partial charge is 0.481 e. The predicted molar refractivity (Wildman–Crippen MR) is 72.9 cm³/mol. The molecule has 1 N–H and O–H groups in total. The van der Waals surface area contributed by atoms with Gasteiger partial charge in [-0.25, -0.2) is 0 Å². The van der Waals surface area contributed by atoms with E-state index in [-0.39, 0.29) is 11.8 Å². The van der Waals surface area contributed by atoms with Gasteiger partial charge >= 0.3 is 5.97 Å². The maximum atomic E-state index is 11.8. The number of rotatable bonds is 3. The molecule has 98 valence electrons. The van der Waals surface area contributed by atoms with Crippen molar-refractivity contribution < 1.29 is 9.90 Å². The summed E-state index contributed by atoms with van der Waals surface area (Å²) in [5, 5.41) is 8.83. The highest BCUT2D eigenvalue weighted by atomic mass is 16.4. The van der Waals surface area contributed by atoms with Crippen LogP contribution in [0.25, 0.3) is 5.69 Å². The fourth-order valence-corrected chi connectivity index (χ4v) is 2.06. The van der Waals surface area contributed by atoms with Crippen molar-refractivity contribution >= 4 is 5.97 Å². The molecule has 2 rings (SSSR count). The molecule has 0 aliphatic rings. The van der Waals surface area contributed by atoms with Crippen molar-refractivity contribution in [2.45, 2.75) is 20.3 Å². The van der Waals surface area contributed by atoms with Crippen molar-refractivity contribution in [1.29, 1.82) is 0 Å². The summed E-state index contributed by atoms with van der Waals surface area (Å²) in [5.74, 6) is -1.00. The summed E-state index contributed by atoms with van der Waals surface area (Å²) in [4.78, 5) is 22.5. The molecule has 0 fully saturated rings. The van der Waals surface area contributed by atoms with Crippen LogP contribution < -0.4 is 5.43 Å². The number of aromatic nitrogens is 1.